The van der Waals surface area contributed by atoms with Crippen LogP contribution in [0.25, 0.3) is 15.7 Å². The van der Waals surface area contributed by atoms with Crippen molar-refractivity contribution in [3.63, 3.8) is 0 Å². The molecule has 6 heteroatoms. The van der Waals surface area contributed by atoms with Crippen LogP contribution in [0, 0.1) is 13.5 Å². The third kappa shape index (κ3) is 3.85. The van der Waals surface area contributed by atoms with Gasteiger partial charge in [0.25, 0.3) is 0 Å². The van der Waals surface area contributed by atoms with Gasteiger partial charge < -0.3 is 9.88 Å². The maximum atomic E-state index is 7.22. The molecule has 1 aromatic carbocycles. The van der Waals surface area contributed by atoms with Crippen LogP contribution in [-0.4, -0.2) is 52.1 Å². The summed E-state index contributed by atoms with van der Waals surface area (Å²) in [6.07, 6.45) is 6.07. The number of nitrogens with zero attached hydrogens (tertiary/aromatic N) is 5. The fraction of sp³-hybridized carbons (Fsp3) is 0.409. The second kappa shape index (κ2) is 7.99. The van der Waals surface area contributed by atoms with Gasteiger partial charge in [-0.15, -0.1) is 0 Å². The minimum atomic E-state index is 0.407. The van der Waals surface area contributed by atoms with Gasteiger partial charge in [0.15, 0.2) is 5.69 Å². The number of aromatic nitrogens is 3. The summed E-state index contributed by atoms with van der Waals surface area (Å²) in [5.74, 6) is 0.849. The van der Waals surface area contributed by atoms with Gasteiger partial charge in [-0.1, -0.05) is 6.07 Å². The van der Waals surface area contributed by atoms with Gasteiger partial charge in [0, 0.05) is 49.3 Å². The van der Waals surface area contributed by atoms with Crippen LogP contribution in [0.4, 0.5) is 11.6 Å². The van der Waals surface area contributed by atoms with E-state index in [1.807, 2.05) is 37.4 Å². The molecule has 2 aromatic heterocycles. The molecule has 0 amide bonds. The van der Waals surface area contributed by atoms with E-state index in [9.17, 15) is 0 Å². The molecule has 1 aliphatic rings. The Balaban J connectivity index is 1.33. The summed E-state index contributed by atoms with van der Waals surface area (Å²) in [7, 11) is 0. The van der Waals surface area contributed by atoms with Crippen LogP contribution < -0.4 is 4.90 Å². The number of hydrogen-bond acceptors (Lipinski definition) is 4. The van der Waals surface area contributed by atoms with E-state index >= 15 is 0 Å². The highest BCUT2D eigenvalue weighted by atomic mass is 15.3. The van der Waals surface area contributed by atoms with Gasteiger partial charge in [-0.3, -0.25) is 4.90 Å². The second-order valence-corrected chi connectivity index (χ2v) is 7.60. The van der Waals surface area contributed by atoms with Gasteiger partial charge in [-0.05, 0) is 62.4 Å². The summed E-state index contributed by atoms with van der Waals surface area (Å²) >= 11 is 0. The van der Waals surface area contributed by atoms with Crippen LogP contribution in [0.1, 0.15) is 24.6 Å². The van der Waals surface area contributed by atoms with Gasteiger partial charge in [0.05, 0.1) is 6.57 Å². The van der Waals surface area contributed by atoms with E-state index in [0.717, 1.165) is 56.2 Å². The average Bonchev–Trinajstić information content (AvgIpc) is 3.10. The number of piperazine rings is 1. The van der Waals surface area contributed by atoms with Crippen molar-refractivity contribution in [2.45, 2.75) is 32.7 Å². The molecule has 1 saturated heterocycles. The average molecular weight is 374 g/mol. The van der Waals surface area contributed by atoms with Gasteiger partial charge in [-0.25, -0.2) is 14.8 Å². The number of nitrogens with one attached hydrogen (secondary N) is 1. The first-order valence-electron chi connectivity index (χ1n) is 9.90. The zero-order valence-electron chi connectivity index (χ0n) is 16.5. The van der Waals surface area contributed by atoms with Gasteiger partial charge in [0.1, 0.15) is 0 Å². The SMILES string of the molecule is [C-]#[N+]c1ccc2[nH]cc(CCCN3CCN(c4nccc(C)n4)C(C)C3)c2c1. The molecule has 0 bridgehead atoms. The van der Waals surface area contributed by atoms with Crippen LogP contribution >= 0.6 is 0 Å². The predicted octanol–water partition coefficient (Wildman–Crippen LogP) is 3.96. The Hall–Kier alpha value is -2.91. The van der Waals surface area contributed by atoms with E-state index in [-0.39, 0.29) is 0 Å². The topological polar surface area (TPSA) is 52.4 Å². The van der Waals surface area contributed by atoms with Crippen LogP contribution in [0.15, 0.2) is 36.7 Å². The predicted molar refractivity (Wildman–Crippen MR) is 113 cm³/mol. The highest BCUT2D eigenvalue weighted by Gasteiger charge is 2.25. The molecule has 4 rings (SSSR count). The molecule has 28 heavy (non-hydrogen) atoms. The lowest BCUT2D eigenvalue weighted by molar-refractivity contribution is 0.225. The molecule has 0 aliphatic carbocycles. The van der Waals surface area contributed by atoms with E-state index in [4.69, 9.17) is 6.57 Å². The zero-order valence-corrected chi connectivity index (χ0v) is 16.5. The maximum absolute atomic E-state index is 7.22. The summed E-state index contributed by atoms with van der Waals surface area (Å²) in [4.78, 5) is 20.8. The summed E-state index contributed by atoms with van der Waals surface area (Å²) in [6.45, 7) is 15.6. The normalized spacial score (nSPS) is 17.8. The van der Waals surface area contributed by atoms with Gasteiger partial charge in [0.2, 0.25) is 5.95 Å². The van der Waals surface area contributed by atoms with Crippen molar-refractivity contribution in [2.24, 2.45) is 0 Å². The quantitative estimate of drug-likeness (QED) is 0.687. The number of rotatable bonds is 5. The molecule has 1 aliphatic heterocycles. The Kier molecular flexibility index (Phi) is 5.27. The lowest BCUT2D eigenvalue weighted by Gasteiger charge is -2.40. The standard InChI is InChI=1S/C22H26N6/c1-16-8-9-24-22(26-16)28-12-11-27(15-17(28)2)10-4-5-18-14-25-21-7-6-19(23-3)13-20(18)21/h6-9,13-14,17,25H,4-5,10-12,15H2,1-2H3. The molecule has 3 heterocycles. The molecule has 6 nitrogen and oxygen atoms in total. The summed E-state index contributed by atoms with van der Waals surface area (Å²) in [6, 6.07) is 8.21. The molecule has 0 saturated carbocycles. The van der Waals surface area contributed by atoms with E-state index in [1.54, 1.807) is 0 Å². The Morgan fingerprint density at radius 2 is 2.18 bits per heavy atom. The van der Waals surface area contributed by atoms with Crippen molar-refractivity contribution >= 4 is 22.5 Å². The molecule has 1 N–H and O–H groups in total. The minimum absolute atomic E-state index is 0.407. The van der Waals surface area contributed by atoms with Crippen LogP contribution in [-0.2, 0) is 6.42 Å². The van der Waals surface area contributed by atoms with Gasteiger partial charge >= 0.3 is 0 Å². The monoisotopic (exact) mass is 374 g/mol. The Morgan fingerprint density at radius 1 is 1.29 bits per heavy atom. The van der Waals surface area contributed by atoms with E-state index in [0.29, 0.717) is 11.7 Å². The molecule has 1 unspecified atom stereocenters. The summed E-state index contributed by atoms with van der Waals surface area (Å²) in [5.41, 5.74) is 4.14. The Bertz CT molecular complexity index is 1000. The molecule has 1 atom stereocenters. The van der Waals surface area contributed by atoms with Crippen molar-refractivity contribution in [1.29, 1.82) is 0 Å². The number of benzene rings is 1. The first-order valence-corrected chi connectivity index (χ1v) is 9.90. The van der Waals surface area contributed by atoms with Crippen LogP contribution in [0.5, 0.6) is 0 Å². The number of anilines is 1. The number of aromatic amines is 1. The number of hydrogen-bond donors (Lipinski definition) is 1. The van der Waals surface area contributed by atoms with E-state index < -0.39 is 0 Å². The second-order valence-electron chi connectivity index (χ2n) is 7.60. The highest BCUT2D eigenvalue weighted by Crippen LogP contribution is 2.25. The van der Waals surface area contributed by atoms with E-state index in [1.165, 1.54) is 10.9 Å². The smallest absolute Gasteiger partial charge is 0.225 e. The first kappa shape index (κ1) is 18.5. The zero-order chi connectivity index (χ0) is 19.5. The number of aryl methyl sites for hydroxylation is 2. The third-order valence-electron chi connectivity index (χ3n) is 5.55. The molecular weight excluding hydrogens is 348 g/mol. The summed E-state index contributed by atoms with van der Waals surface area (Å²) in [5, 5.41) is 1.18. The van der Waals surface area contributed by atoms with Crippen LogP contribution in [0.2, 0.25) is 0 Å². The minimum Gasteiger partial charge on any atom is -0.361 e. The first-order chi connectivity index (χ1) is 13.6. The lowest BCUT2D eigenvalue weighted by Crippen LogP contribution is -2.52. The van der Waals surface area contributed by atoms with Crippen molar-refractivity contribution in [1.82, 2.24) is 19.9 Å². The Labute approximate surface area is 166 Å². The number of H-pyrrole nitrogens is 1. The van der Waals surface area contributed by atoms with Crippen molar-refractivity contribution in [3.05, 3.63) is 59.3 Å². The molecule has 144 valence electrons. The fourth-order valence-electron chi connectivity index (χ4n) is 4.04. The summed E-state index contributed by atoms with van der Waals surface area (Å²) < 4.78 is 0. The number of fused-ring (bicyclic) bond motifs is 1. The van der Waals surface area contributed by atoms with Gasteiger partial charge in [-0.2, -0.15) is 0 Å². The fourth-order valence-corrected chi connectivity index (χ4v) is 4.04. The van der Waals surface area contributed by atoms with Crippen molar-refractivity contribution in [2.75, 3.05) is 31.1 Å². The molecule has 1 fully saturated rings. The molecule has 0 spiro atoms. The highest BCUT2D eigenvalue weighted by molar-refractivity contribution is 5.86. The Morgan fingerprint density at radius 3 is 2.96 bits per heavy atom. The molecule has 3 aromatic rings. The largest absolute Gasteiger partial charge is 0.361 e. The van der Waals surface area contributed by atoms with Crippen molar-refractivity contribution < 1.29 is 0 Å². The van der Waals surface area contributed by atoms with Crippen molar-refractivity contribution in [3.8, 4) is 0 Å². The molecule has 0 radical (unpaired) electrons. The molecular formula is C22H26N6. The maximum Gasteiger partial charge on any atom is 0.225 e. The van der Waals surface area contributed by atoms with Crippen LogP contribution in [0.3, 0.4) is 0 Å². The third-order valence-corrected chi connectivity index (χ3v) is 5.55. The lowest BCUT2D eigenvalue weighted by atomic mass is 10.1. The van der Waals surface area contributed by atoms with E-state index in [2.05, 4.69) is 42.7 Å².